The summed E-state index contributed by atoms with van der Waals surface area (Å²) in [6.45, 7) is 4.17. The Morgan fingerprint density at radius 3 is 2.38 bits per heavy atom. The minimum atomic E-state index is -4.50. The summed E-state index contributed by atoms with van der Waals surface area (Å²) < 4.78 is 39.4. The molecule has 2 rings (SSSR count). The van der Waals surface area contributed by atoms with Gasteiger partial charge in [-0.05, 0) is 32.0 Å². The zero-order chi connectivity index (χ0) is 15.5. The number of carbonyl (C=O) groups is 1. The first-order chi connectivity index (χ1) is 9.86. The lowest BCUT2D eigenvalue weighted by Gasteiger charge is -2.30. The van der Waals surface area contributed by atoms with Crippen LogP contribution in [0.3, 0.4) is 0 Å². The standard InChI is InChI=1S/C15H19F3N2O/c1-11-3-5-12(6-4-11)14(15(16,17)18)19-13(21)7-10-20-8-2-9-20/h3-6,14H,2,7-10H2,1H3,(H,19,21). The van der Waals surface area contributed by atoms with Gasteiger partial charge >= 0.3 is 6.18 Å². The lowest BCUT2D eigenvalue weighted by Crippen LogP contribution is -2.42. The Morgan fingerprint density at radius 2 is 1.90 bits per heavy atom. The minimum Gasteiger partial charge on any atom is -0.341 e. The van der Waals surface area contributed by atoms with Crippen LogP contribution in [0.15, 0.2) is 24.3 Å². The average Bonchev–Trinajstić information content (AvgIpc) is 2.34. The van der Waals surface area contributed by atoms with Crippen LogP contribution >= 0.6 is 0 Å². The SMILES string of the molecule is Cc1ccc(C(NC(=O)CCN2CCC2)C(F)(F)F)cc1. The molecule has 0 spiro atoms. The Kier molecular flexibility index (Phi) is 4.88. The predicted molar refractivity (Wildman–Crippen MR) is 73.8 cm³/mol. The summed E-state index contributed by atoms with van der Waals surface area (Å²) in [5.41, 5.74) is 0.939. The summed E-state index contributed by atoms with van der Waals surface area (Å²) in [5, 5.41) is 2.11. The molecule has 116 valence electrons. The Hall–Kier alpha value is -1.56. The number of alkyl halides is 3. The van der Waals surface area contributed by atoms with Crippen LogP contribution in [0.4, 0.5) is 13.2 Å². The molecule has 0 bridgehead atoms. The van der Waals surface area contributed by atoms with Gasteiger partial charge in [-0.2, -0.15) is 13.2 Å². The van der Waals surface area contributed by atoms with Crippen LogP contribution in [0.5, 0.6) is 0 Å². The fourth-order valence-corrected chi connectivity index (χ4v) is 2.21. The topological polar surface area (TPSA) is 32.3 Å². The second-order valence-corrected chi connectivity index (χ2v) is 5.40. The van der Waals surface area contributed by atoms with Crippen LogP contribution in [0, 0.1) is 6.92 Å². The lowest BCUT2D eigenvalue weighted by atomic mass is 10.0. The molecule has 1 fully saturated rings. The summed E-state index contributed by atoms with van der Waals surface area (Å²) in [6.07, 6.45) is -3.31. The molecule has 21 heavy (non-hydrogen) atoms. The number of carbonyl (C=O) groups excluding carboxylic acids is 1. The maximum atomic E-state index is 13.1. The van der Waals surface area contributed by atoms with Crippen molar-refractivity contribution in [3.8, 4) is 0 Å². The van der Waals surface area contributed by atoms with Crippen molar-refractivity contribution in [3.63, 3.8) is 0 Å². The third kappa shape index (κ3) is 4.46. The molecular weight excluding hydrogens is 281 g/mol. The van der Waals surface area contributed by atoms with Gasteiger partial charge in [0, 0.05) is 13.0 Å². The van der Waals surface area contributed by atoms with Crippen molar-refractivity contribution in [3.05, 3.63) is 35.4 Å². The predicted octanol–water partition coefficient (Wildman–Crippen LogP) is 2.81. The summed E-state index contributed by atoms with van der Waals surface area (Å²) >= 11 is 0. The highest BCUT2D eigenvalue weighted by atomic mass is 19.4. The quantitative estimate of drug-likeness (QED) is 0.907. The second kappa shape index (κ2) is 6.47. The van der Waals surface area contributed by atoms with Crippen molar-refractivity contribution >= 4 is 5.91 Å². The Labute approximate surface area is 122 Å². The average molecular weight is 300 g/mol. The molecule has 1 unspecified atom stereocenters. The van der Waals surface area contributed by atoms with Gasteiger partial charge in [0.05, 0.1) is 0 Å². The Balaban J connectivity index is 1.99. The smallest absolute Gasteiger partial charge is 0.341 e. The van der Waals surface area contributed by atoms with Gasteiger partial charge in [-0.1, -0.05) is 29.8 Å². The molecular formula is C15H19F3N2O. The monoisotopic (exact) mass is 300 g/mol. The second-order valence-electron chi connectivity index (χ2n) is 5.40. The van der Waals surface area contributed by atoms with Gasteiger partial charge < -0.3 is 10.2 Å². The van der Waals surface area contributed by atoms with Gasteiger partial charge in [0.15, 0.2) is 6.04 Å². The van der Waals surface area contributed by atoms with Gasteiger partial charge in [0.25, 0.3) is 0 Å². The number of hydrogen-bond donors (Lipinski definition) is 1. The normalized spacial score (nSPS) is 17.1. The molecule has 1 heterocycles. The third-order valence-corrected chi connectivity index (χ3v) is 3.65. The van der Waals surface area contributed by atoms with E-state index >= 15 is 0 Å². The maximum Gasteiger partial charge on any atom is 0.412 e. The molecule has 1 aromatic carbocycles. The fourth-order valence-electron chi connectivity index (χ4n) is 2.21. The van der Waals surface area contributed by atoms with Gasteiger partial charge in [0.2, 0.25) is 5.91 Å². The van der Waals surface area contributed by atoms with Gasteiger partial charge in [-0.15, -0.1) is 0 Å². The van der Waals surface area contributed by atoms with Crippen LogP contribution in [-0.4, -0.2) is 36.6 Å². The van der Waals surface area contributed by atoms with Crippen LogP contribution in [0.1, 0.15) is 30.0 Å². The summed E-state index contributed by atoms with van der Waals surface area (Å²) in [7, 11) is 0. The molecule has 0 saturated carbocycles. The molecule has 1 atom stereocenters. The van der Waals surface area contributed by atoms with Crippen LogP contribution in [0.25, 0.3) is 0 Å². The Bertz CT molecular complexity index is 481. The highest BCUT2D eigenvalue weighted by molar-refractivity contribution is 5.76. The van der Waals surface area contributed by atoms with E-state index < -0.39 is 18.1 Å². The highest BCUT2D eigenvalue weighted by Crippen LogP contribution is 2.32. The number of halogens is 3. The highest BCUT2D eigenvalue weighted by Gasteiger charge is 2.41. The first-order valence-electron chi connectivity index (χ1n) is 7.01. The number of nitrogens with one attached hydrogen (secondary N) is 1. The van der Waals surface area contributed by atoms with Gasteiger partial charge in [0.1, 0.15) is 0 Å². The summed E-state index contributed by atoms with van der Waals surface area (Å²) in [5.74, 6) is -0.565. The van der Waals surface area contributed by atoms with Crippen LogP contribution in [-0.2, 0) is 4.79 Å². The fraction of sp³-hybridized carbons (Fsp3) is 0.533. The van der Waals surface area contributed by atoms with E-state index in [4.69, 9.17) is 0 Å². The molecule has 0 aromatic heterocycles. The summed E-state index contributed by atoms with van der Waals surface area (Å²) in [4.78, 5) is 13.8. The number of benzene rings is 1. The van der Waals surface area contributed by atoms with Crippen molar-refractivity contribution in [1.29, 1.82) is 0 Å². The molecule has 0 radical (unpaired) electrons. The van der Waals surface area contributed by atoms with E-state index in [9.17, 15) is 18.0 Å². The van der Waals surface area contributed by atoms with Crippen molar-refractivity contribution in [2.75, 3.05) is 19.6 Å². The van der Waals surface area contributed by atoms with E-state index in [2.05, 4.69) is 5.32 Å². The van der Waals surface area contributed by atoms with E-state index in [0.29, 0.717) is 6.54 Å². The number of hydrogen-bond acceptors (Lipinski definition) is 2. The minimum absolute atomic E-state index is 0.0606. The lowest BCUT2D eigenvalue weighted by molar-refractivity contribution is -0.163. The van der Waals surface area contributed by atoms with E-state index in [1.165, 1.54) is 12.1 Å². The molecule has 1 aliphatic rings. The van der Waals surface area contributed by atoms with Gasteiger partial charge in [-0.25, -0.2) is 0 Å². The number of aryl methyl sites for hydroxylation is 1. The van der Waals surface area contributed by atoms with E-state index in [1.807, 2.05) is 4.90 Å². The van der Waals surface area contributed by atoms with Crippen LogP contribution in [0.2, 0.25) is 0 Å². The number of likely N-dealkylation sites (tertiary alicyclic amines) is 1. The van der Waals surface area contributed by atoms with Gasteiger partial charge in [-0.3, -0.25) is 4.79 Å². The first kappa shape index (κ1) is 15.8. The molecule has 6 heteroatoms. The molecule has 1 saturated heterocycles. The van der Waals surface area contributed by atoms with Crippen molar-refractivity contribution in [2.24, 2.45) is 0 Å². The molecule has 0 aliphatic carbocycles. The Morgan fingerprint density at radius 1 is 1.29 bits per heavy atom. The summed E-state index contributed by atoms with van der Waals surface area (Å²) in [6, 6.07) is 4.09. The van der Waals surface area contributed by atoms with Crippen molar-refractivity contribution in [2.45, 2.75) is 32.0 Å². The zero-order valence-corrected chi connectivity index (χ0v) is 11.9. The number of rotatable bonds is 5. The molecule has 1 N–H and O–H groups in total. The largest absolute Gasteiger partial charge is 0.412 e. The third-order valence-electron chi connectivity index (χ3n) is 3.65. The van der Waals surface area contributed by atoms with Crippen molar-refractivity contribution in [1.82, 2.24) is 10.2 Å². The molecule has 1 aliphatic heterocycles. The number of nitrogens with zero attached hydrogens (tertiary/aromatic N) is 1. The molecule has 1 aromatic rings. The molecule has 3 nitrogen and oxygen atoms in total. The van der Waals surface area contributed by atoms with E-state index in [-0.39, 0.29) is 12.0 Å². The van der Waals surface area contributed by atoms with Crippen molar-refractivity contribution < 1.29 is 18.0 Å². The number of amides is 1. The van der Waals surface area contributed by atoms with E-state index in [0.717, 1.165) is 25.1 Å². The molecule has 1 amide bonds. The zero-order valence-electron chi connectivity index (χ0n) is 11.9. The first-order valence-corrected chi connectivity index (χ1v) is 7.01. The van der Waals surface area contributed by atoms with E-state index in [1.54, 1.807) is 19.1 Å². The van der Waals surface area contributed by atoms with Crippen LogP contribution < -0.4 is 5.32 Å². The maximum absolute atomic E-state index is 13.1.